The highest BCUT2D eigenvalue weighted by Gasteiger charge is 2.11. The van der Waals surface area contributed by atoms with E-state index in [4.69, 9.17) is 9.47 Å². The highest BCUT2D eigenvalue weighted by atomic mass is 16.5. The van der Waals surface area contributed by atoms with Gasteiger partial charge in [-0.1, -0.05) is 6.07 Å². The summed E-state index contributed by atoms with van der Waals surface area (Å²) in [4.78, 5) is 13.1. The first-order chi connectivity index (χ1) is 9.10. The Morgan fingerprint density at radius 2 is 2.05 bits per heavy atom. The number of ether oxygens (including phenoxy) is 3. The van der Waals surface area contributed by atoms with Crippen LogP contribution in [0.5, 0.6) is 11.5 Å². The smallest absolute Gasteiger partial charge is 0.319 e. The van der Waals surface area contributed by atoms with Crippen LogP contribution in [-0.4, -0.2) is 45.3 Å². The molecule has 0 radical (unpaired) electrons. The Balaban J connectivity index is 2.78. The van der Waals surface area contributed by atoms with Gasteiger partial charge < -0.3 is 14.2 Å². The zero-order chi connectivity index (χ0) is 14.3. The van der Waals surface area contributed by atoms with Crippen molar-refractivity contribution in [2.24, 2.45) is 0 Å². The van der Waals surface area contributed by atoms with Gasteiger partial charge in [0.1, 0.15) is 11.5 Å². The van der Waals surface area contributed by atoms with Crippen LogP contribution in [0.15, 0.2) is 18.2 Å². The standard InChI is InChI=1S/C14H21NO4/c1-5-19-13-8-12(17-3)7-6-11(13)9-15(2)10-14(16)18-4/h6-8H,5,9-10H2,1-4H3. The number of likely N-dealkylation sites (N-methyl/N-ethyl adjacent to an activating group) is 1. The van der Waals surface area contributed by atoms with Crippen LogP contribution in [-0.2, 0) is 16.1 Å². The highest BCUT2D eigenvalue weighted by Crippen LogP contribution is 2.25. The molecule has 1 aromatic carbocycles. The quantitative estimate of drug-likeness (QED) is 0.704. The molecule has 0 spiro atoms. The Bertz CT molecular complexity index is 420. The molecule has 1 aromatic rings. The maximum absolute atomic E-state index is 11.2. The number of benzene rings is 1. The van der Waals surface area contributed by atoms with Crippen molar-refractivity contribution in [2.45, 2.75) is 13.5 Å². The number of carbonyl (C=O) groups is 1. The number of nitrogens with zero attached hydrogens (tertiary/aromatic N) is 1. The molecule has 0 amide bonds. The van der Waals surface area contributed by atoms with Crippen molar-refractivity contribution in [1.82, 2.24) is 4.90 Å². The van der Waals surface area contributed by atoms with Crippen LogP contribution in [0.4, 0.5) is 0 Å². The van der Waals surface area contributed by atoms with E-state index >= 15 is 0 Å². The predicted octanol–water partition coefficient (Wildman–Crippen LogP) is 1.70. The molecule has 0 aliphatic heterocycles. The SMILES string of the molecule is CCOc1cc(OC)ccc1CN(C)CC(=O)OC. The van der Waals surface area contributed by atoms with Crippen molar-refractivity contribution >= 4 is 5.97 Å². The molecule has 0 aliphatic carbocycles. The number of hydrogen-bond acceptors (Lipinski definition) is 5. The van der Waals surface area contributed by atoms with Crippen molar-refractivity contribution < 1.29 is 19.0 Å². The van der Waals surface area contributed by atoms with Gasteiger partial charge in [0.15, 0.2) is 0 Å². The van der Waals surface area contributed by atoms with Gasteiger partial charge in [0.25, 0.3) is 0 Å². The molecule has 5 nitrogen and oxygen atoms in total. The molecular weight excluding hydrogens is 246 g/mol. The largest absolute Gasteiger partial charge is 0.497 e. The lowest BCUT2D eigenvalue weighted by molar-refractivity contribution is -0.141. The molecule has 0 saturated carbocycles. The maximum atomic E-state index is 11.2. The Labute approximate surface area is 114 Å². The van der Waals surface area contributed by atoms with Crippen molar-refractivity contribution in [3.8, 4) is 11.5 Å². The minimum atomic E-state index is -0.256. The molecule has 0 bridgehead atoms. The molecule has 0 unspecified atom stereocenters. The summed E-state index contributed by atoms with van der Waals surface area (Å²) in [6.45, 7) is 3.37. The summed E-state index contributed by atoms with van der Waals surface area (Å²) in [6, 6.07) is 5.67. The average Bonchev–Trinajstić information content (AvgIpc) is 2.40. The van der Waals surface area contributed by atoms with Crippen LogP contribution >= 0.6 is 0 Å². The first kappa shape index (κ1) is 15.3. The van der Waals surface area contributed by atoms with Crippen molar-refractivity contribution in [1.29, 1.82) is 0 Å². The van der Waals surface area contributed by atoms with Crippen LogP contribution in [0.2, 0.25) is 0 Å². The fourth-order valence-electron chi connectivity index (χ4n) is 1.71. The third kappa shape index (κ3) is 4.79. The summed E-state index contributed by atoms with van der Waals surface area (Å²) < 4.78 is 15.4. The highest BCUT2D eigenvalue weighted by molar-refractivity contribution is 5.71. The molecule has 0 fully saturated rings. The topological polar surface area (TPSA) is 48.0 Å². The third-order valence-corrected chi connectivity index (χ3v) is 2.64. The second-order valence-electron chi connectivity index (χ2n) is 4.16. The minimum Gasteiger partial charge on any atom is -0.497 e. The van der Waals surface area contributed by atoms with Crippen molar-refractivity contribution in [3.63, 3.8) is 0 Å². The summed E-state index contributed by atoms with van der Waals surface area (Å²) in [5, 5.41) is 0. The Hall–Kier alpha value is -1.75. The minimum absolute atomic E-state index is 0.244. The predicted molar refractivity (Wildman–Crippen MR) is 72.5 cm³/mol. The van der Waals surface area contributed by atoms with E-state index < -0.39 is 0 Å². The van der Waals surface area contributed by atoms with E-state index in [9.17, 15) is 4.79 Å². The van der Waals surface area contributed by atoms with E-state index in [0.29, 0.717) is 13.2 Å². The number of hydrogen-bond donors (Lipinski definition) is 0. The molecule has 106 valence electrons. The lowest BCUT2D eigenvalue weighted by Gasteiger charge is -2.18. The zero-order valence-corrected chi connectivity index (χ0v) is 11.9. The van der Waals surface area contributed by atoms with E-state index in [0.717, 1.165) is 17.1 Å². The molecule has 0 heterocycles. The monoisotopic (exact) mass is 267 g/mol. The molecule has 19 heavy (non-hydrogen) atoms. The van der Waals surface area contributed by atoms with Gasteiger partial charge in [0, 0.05) is 18.2 Å². The summed E-state index contributed by atoms with van der Waals surface area (Å²) in [5.74, 6) is 1.27. The van der Waals surface area contributed by atoms with E-state index in [-0.39, 0.29) is 12.5 Å². The van der Waals surface area contributed by atoms with Gasteiger partial charge in [-0.25, -0.2) is 0 Å². The normalized spacial score (nSPS) is 10.4. The fraction of sp³-hybridized carbons (Fsp3) is 0.500. The first-order valence-electron chi connectivity index (χ1n) is 6.15. The number of methoxy groups -OCH3 is 2. The Kier molecular flexibility index (Phi) is 6.15. The van der Waals surface area contributed by atoms with Gasteiger partial charge >= 0.3 is 5.97 Å². The fourth-order valence-corrected chi connectivity index (χ4v) is 1.71. The van der Waals surface area contributed by atoms with Gasteiger partial charge in [0.2, 0.25) is 0 Å². The van der Waals surface area contributed by atoms with Crippen LogP contribution in [0, 0.1) is 0 Å². The molecule has 0 atom stereocenters. The summed E-state index contributed by atoms with van der Waals surface area (Å²) in [6.07, 6.45) is 0. The molecule has 5 heteroatoms. The average molecular weight is 267 g/mol. The third-order valence-electron chi connectivity index (χ3n) is 2.64. The van der Waals surface area contributed by atoms with Gasteiger partial charge in [0.05, 0.1) is 27.4 Å². The van der Waals surface area contributed by atoms with Gasteiger partial charge in [-0.05, 0) is 20.0 Å². The lowest BCUT2D eigenvalue weighted by atomic mass is 10.2. The van der Waals surface area contributed by atoms with Crippen LogP contribution < -0.4 is 9.47 Å². The maximum Gasteiger partial charge on any atom is 0.319 e. The first-order valence-corrected chi connectivity index (χ1v) is 6.15. The number of carbonyl (C=O) groups excluding carboxylic acids is 1. The van der Waals surface area contributed by atoms with Gasteiger partial charge in [-0.15, -0.1) is 0 Å². The van der Waals surface area contributed by atoms with Crippen LogP contribution in [0.1, 0.15) is 12.5 Å². The Morgan fingerprint density at radius 1 is 1.32 bits per heavy atom. The Morgan fingerprint density at radius 3 is 2.63 bits per heavy atom. The molecule has 0 aromatic heterocycles. The van der Waals surface area contributed by atoms with Gasteiger partial charge in [-0.2, -0.15) is 0 Å². The second kappa shape index (κ2) is 7.63. The van der Waals surface area contributed by atoms with E-state index in [2.05, 4.69) is 4.74 Å². The van der Waals surface area contributed by atoms with Crippen molar-refractivity contribution in [3.05, 3.63) is 23.8 Å². The van der Waals surface area contributed by atoms with E-state index in [1.165, 1.54) is 7.11 Å². The van der Waals surface area contributed by atoms with E-state index in [1.807, 2.05) is 37.1 Å². The van der Waals surface area contributed by atoms with Crippen molar-refractivity contribution in [2.75, 3.05) is 34.4 Å². The van der Waals surface area contributed by atoms with Crippen LogP contribution in [0.25, 0.3) is 0 Å². The molecule has 0 N–H and O–H groups in total. The van der Waals surface area contributed by atoms with E-state index in [1.54, 1.807) is 7.11 Å². The molecular formula is C14H21NO4. The molecule has 0 aliphatic rings. The molecule has 0 saturated heterocycles. The van der Waals surface area contributed by atoms with Gasteiger partial charge in [-0.3, -0.25) is 9.69 Å². The van der Waals surface area contributed by atoms with Crippen LogP contribution in [0.3, 0.4) is 0 Å². The molecule has 1 rings (SSSR count). The summed E-state index contributed by atoms with van der Waals surface area (Å²) >= 11 is 0. The summed E-state index contributed by atoms with van der Waals surface area (Å²) in [5.41, 5.74) is 1.01. The zero-order valence-electron chi connectivity index (χ0n) is 11.9. The lowest BCUT2D eigenvalue weighted by Crippen LogP contribution is -2.26. The second-order valence-corrected chi connectivity index (χ2v) is 4.16. The number of esters is 1. The number of rotatable bonds is 7. The summed E-state index contributed by atoms with van der Waals surface area (Å²) in [7, 11) is 4.86.